The Hall–Kier alpha value is -0.490. The van der Waals surface area contributed by atoms with E-state index in [0.29, 0.717) is 10.0 Å². The maximum Gasteiger partial charge on any atom is 0.306 e. The molecule has 0 N–H and O–H groups in total. The lowest BCUT2D eigenvalue weighted by atomic mass is 10.3. The van der Waals surface area contributed by atoms with Gasteiger partial charge in [0.25, 0.3) is 0 Å². The Morgan fingerprint density at radius 3 is 2.75 bits per heavy atom. The molecule has 1 aromatic heterocycles. The van der Waals surface area contributed by atoms with Crippen molar-refractivity contribution in [3.05, 3.63) is 28.5 Å². The molecule has 12 heavy (non-hydrogen) atoms. The topological polar surface area (TPSA) is 47.0 Å². The normalized spacial score (nSPS) is 11.5. The fraction of sp³-hybridized carbons (Fsp3) is 0.167. The van der Waals surface area contributed by atoms with Crippen LogP contribution in [0.5, 0.6) is 0 Å². The number of rotatable bonds is 2. The highest BCUT2D eigenvalue weighted by Gasteiger charge is 2.10. The SMILES string of the molecule is O=S(=O)(F)Cc1ccncc1Br. The van der Waals surface area contributed by atoms with Crippen molar-refractivity contribution in [2.75, 3.05) is 0 Å². The minimum absolute atomic E-state index is 0.368. The Kier molecular flexibility index (Phi) is 2.79. The Labute approximate surface area is 78.0 Å². The molecule has 1 rings (SSSR count). The van der Waals surface area contributed by atoms with Crippen LogP contribution in [0.4, 0.5) is 3.89 Å². The highest BCUT2D eigenvalue weighted by atomic mass is 79.9. The summed E-state index contributed by atoms with van der Waals surface area (Å²) in [4.78, 5) is 3.71. The smallest absolute Gasteiger partial charge is 0.264 e. The van der Waals surface area contributed by atoms with Gasteiger partial charge < -0.3 is 0 Å². The first-order valence-electron chi connectivity index (χ1n) is 3.00. The van der Waals surface area contributed by atoms with Crippen LogP contribution in [0.25, 0.3) is 0 Å². The third-order valence-electron chi connectivity index (χ3n) is 1.18. The van der Waals surface area contributed by atoms with Crippen molar-refractivity contribution in [2.45, 2.75) is 5.75 Å². The molecule has 3 nitrogen and oxygen atoms in total. The summed E-state index contributed by atoms with van der Waals surface area (Å²) in [5.41, 5.74) is 0.368. The second-order valence-corrected chi connectivity index (χ2v) is 4.37. The van der Waals surface area contributed by atoms with Crippen molar-refractivity contribution in [3.63, 3.8) is 0 Å². The molecule has 0 saturated heterocycles. The number of hydrogen-bond acceptors (Lipinski definition) is 3. The van der Waals surface area contributed by atoms with Gasteiger partial charge in [-0.25, -0.2) is 0 Å². The lowest BCUT2D eigenvalue weighted by Crippen LogP contribution is -1.97. The van der Waals surface area contributed by atoms with Gasteiger partial charge in [-0.05, 0) is 27.6 Å². The molecule has 0 saturated carbocycles. The zero-order valence-corrected chi connectivity index (χ0v) is 8.27. The molecule has 66 valence electrons. The first kappa shape index (κ1) is 9.60. The van der Waals surface area contributed by atoms with Gasteiger partial charge in [-0.15, -0.1) is 3.89 Å². The molecule has 0 atom stereocenters. The molecule has 0 aromatic carbocycles. The maximum absolute atomic E-state index is 12.2. The molecule has 0 spiro atoms. The number of hydrogen-bond donors (Lipinski definition) is 0. The largest absolute Gasteiger partial charge is 0.306 e. The van der Waals surface area contributed by atoms with Gasteiger partial charge in [0.1, 0.15) is 5.75 Å². The molecular formula is C6H5BrFNO2S. The lowest BCUT2D eigenvalue weighted by molar-refractivity contribution is 0.551. The van der Waals surface area contributed by atoms with Gasteiger partial charge in [-0.2, -0.15) is 8.42 Å². The first-order chi connectivity index (χ1) is 5.49. The van der Waals surface area contributed by atoms with Gasteiger partial charge in [0.05, 0.1) is 0 Å². The highest BCUT2D eigenvalue weighted by molar-refractivity contribution is 9.10. The standard InChI is InChI=1S/C6H5BrFNO2S/c7-6-3-9-2-1-5(6)4-12(8,10)11/h1-3H,4H2. The Balaban J connectivity index is 2.98. The summed E-state index contributed by atoms with van der Waals surface area (Å²) in [7, 11) is -4.46. The van der Waals surface area contributed by atoms with E-state index in [0.717, 1.165) is 0 Å². The summed E-state index contributed by atoms with van der Waals surface area (Å²) < 4.78 is 33.2. The van der Waals surface area contributed by atoms with Crippen LogP contribution in [0.2, 0.25) is 0 Å². The summed E-state index contributed by atoms with van der Waals surface area (Å²) in [6, 6.07) is 1.45. The van der Waals surface area contributed by atoms with Crippen LogP contribution < -0.4 is 0 Å². The first-order valence-corrected chi connectivity index (χ1v) is 5.34. The fourth-order valence-electron chi connectivity index (χ4n) is 0.707. The fourth-order valence-corrected chi connectivity index (χ4v) is 1.91. The van der Waals surface area contributed by atoms with Crippen LogP contribution >= 0.6 is 15.9 Å². The second kappa shape index (κ2) is 3.49. The minimum atomic E-state index is -4.46. The van der Waals surface area contributed by atoms with Crippen LogP contribution in [-0.2, 0) is 16.0 Å². The van der Waals surface area contributed by atoms with E-state index >= 15 is 0 Å². The molecule has 0 radical (unpaired) electrons. The molecule has 0 fully saturated rings. The molecule has 0 aliphatic rings. The van der Waals surface area contributed by atoms with Crippen molar-refractivity contribution < 1.29 is 12.3 Å². The molecular weight excluding hydrogens is 249 g/mol. The van der Waals surface area contributed by atoms with Crippen molar-refractivity contribution in [2.24, 2.45) is 0 Å². The van der Waals surface area contributed by atoms with Crippen molar-refractivity contribution >= 4 is 26.2 Å². The van der Waals surface area contributed by atoms with Crippen LogP contribution in [0.15, 0.2) is 22.9 Å². The molecule has 0 amide bonds. The predicted molar refractivity (Wildman–Crippen MR) is 45.7 cm³/mol. The summed E-state index contributed by atoms with van der Waals surface area (Å²) in [6.07, 6.45) is 2.83. The molecule has 0 bridgehead atoms. The Bertz CT molecular complexity index is 379. The van der Waals surface area contributed by atoms with Crippen LogP contribution in [-0.4, -0.2) is 13.4 Å². The zero-order valence-electron chi connectivity index (χ0n) is 5.87. The van der Waals surface area contributed by atoms with E-state index in [4.69, 9.17) is 0 Å². The van der Waals surface area contributed by atoms with Crippen LogP contribution in [0.1, 0.15) is 5.56 Å². The van der Waals surface area contributed by atoms with E-state index < -0.39 is 16.0 Å². The Morgan fingerprint density at radius 2 is 2.25 bits per heavy atom. The summed E-state index contributed by atoms with van der Waals surface area (Å²) in [5, 5.41) is 0. The molecule has 0 aliphatic carbocycles. The third kappa shape index (κ3) is 2.86. The van der Waals surface area contributed by atoms with E-state index in [9.17, 15) is 12.3 Å². The average molecular weight is 254 g/mol. The van der Waals surface area contributed by atoms with Crippen molar-refractivity contribution in [1.82, 2.24) is 4.98 Å². The predicted octanol–water partition coefficient (Wildman–Crippen LogP) is 1.64. The maximum atomic E-state index is 12.2. The van der Waals surface area contributed by atoms with E-state index in [-0.39, 0.29) is 0 Å². The molecule has 0 unspecified atom stereocenters. The van der Waals surface area contributed by atoms with E-state index in [1.807, 2.05) is 0 Å². The molecule has 6 heteroatoms. The van der Waals surface area contributed by atoms with Gasteiger partial charge in [-0.3, -0.25) is 4.98 Å². The summed E-state index contributed by atoms with van der Waals surface area (Å²) in [6.45, 7) is 0. The number of nitrogens with zero attached hydrogens (tertiary/aromatic N) is 1. The summed E-state index contributed by atoms with van der Waals surface area (Å²) >= 11 is 3.06. The van der Waals surface area contributed by atoms with Crippen LogP contribution in [0, 0.1) is 0 Å². The van der Waals surface area contributed by atoms with Gasteiger partial charge in [0.2, 0.25) is 0 Å². The van der Waals surface area contributed by atoms with E-state index in [1.165, 1.54) is 18.5 Å². The van der Waals surface area contributed by atoms with Gasteiger partial charge in [0.15, 0.2) is 0 Å². The summed E-state index contributed by atoms with van der Waals surface area (Å²) in [5.74, 6) is -0.615. The van der Waals surface area contributed by atoms with Gasteiger partial charge in [-0.1, -0.05) is 0 Å². The highest BCUT2D eigenvalue weighted by Crippen LogP contribution is 2.17. The Morgan fingerprint density at radius 1 is 1.58 bits per heavy atom. The quantitative estimate of drug-likeness (QED) is 0.754. The number of aromatic nitrogens is 1. The average Bonchev–Trinajstić information content (AvgIpc) is 1.91. The van der Waals surface area contributed by atoms with Crippen LogP contribution in [0.3, 0.4) is 0 Å². The minimum Gasteiger partial charge on any atom is -0.264 e. The van der Waals surface area contributed by atoms with Gasteiger partial charge >= 0.3 is 10.2 Å². The lowest BCUT2D eigenvalue weighted by Gasteiger charge is -1.98. The second-order valence-electron chi connectivity index (χ2n) is 2.15. The third-order valence-corrected chi connectivity index (χ3v) is 2.55. The van der Waals surface area contributed by atoms with Gasteiger partial charge in [0, 0.05) is 16.9 Å². The number of pyridine rings is 1. The monoisotopic (exact) mass is 253 g/mol. The van der Waals surface area contributed by atoms with Crippen molar-refractivity contribution in [3.8, 4) is 0 Å². The zero-order chi connectivity index (χ0) is 9.19. The molecule has 1 heterocycles. The molecule has 1 aromatic rings. The molecule has 0 aliphatic heterocycles. The van der Waals surface area contributed by atoms with E-state index in [2.05, 4.69) is 20.9 Å². The van der Waals surface area contributed by atoms with E-state index in [1.54, 1.807) is 0 Å². The number of halogens is 2. The van der Waals surface area contributed by atoms with Crippen molar-refractivity contribution in [1.29, 1.82) is 0 Å².